The number of hydrogen-bond donors (Lipinski definition) is 1. The van der Waals surface area contributed by atoms with Gasteiger partial charge in [0.15, 0.2) is 0 Å². The third kappa shape index (κ3) is 5.71. The number of halogens is 1. The Morgan fingerprint density at radius 1 is 1.26 bits per heavy atom. The fourth-order valence-corrected chi connectivity index (χ4v) is 2.33. The molecule has 1 aromatic carbocycles. The number of amides is 2. The lowest BCUT2D eigenvalue weighted by Gasteiger charge is -2.29. The number of benzene rings is 1. The minimum absolute atomic E-state index is 0.0158. The molecule has 1 unspecified atom stereocenters. The summed E-state index contributed by atoms with van der Waals surface area (Å²) in [4.78, 5) is 26.8. The molecule has 0 saturated carbocycles. The molecule has 1 N–H and O–H groups in total. The average molecular weight is 337 g/mol. The van der Waals surface area contributed by atoms with Gasteiger partial charge in [0.2, 0.25) is 5.91 Å². The Hall–Kier alpha value is -1.81. The second-order valence-electron chi connectivity index (χ2n) is 6.01. The summed E-state index contributed by atoms with van der Waals surface area (Å²) in [5.74, 6) is -0.383. The first-order valence-electron chi connectivity index (χ1n) is 7.75. The van der Waals surface area contributed by atoms with E-state index in [9.17, 15) is 9.59 Å². The maximum absolute atomic E-state index is 12.7. The minimum Gasteiger partial charge on any atom is -0.340 e. The number of nitrogens with one attached hydrogen (secondary N) is 1. The highest BCUT2D eigenvalue weighted by Gasteiger charge is 2.28. The molecule has 0 bridgehead atoms. The maximum atomic E-state index is 12.7. The Morgan fingerprint density at radius 2 is 1.83 bits per heavy atom. The summed E-state index contributed by atoms with van der Waals surface area (Å²) in [5.41, 5.74) is 1.39. The predicted molar refractivity (Wildman–Crippen MR) is 94.6 cm³/mol. The molecule has 0 saturated heterocycles. The lowest BCUT2D eigenvalue weighted by Crippen LogP contribution is -2.51. The van der Waals surface area contributed by atoms with Crippen LogP contribution in [0, 0.1) is 5.92 Å². The van der Waals surface area contributed by atoms with E-state index in [0.29, 0.717) is 23.7 Å². The average Bonchev–Trinajstić information content (AvgIpc) is 2.49. The summed E-state index contributed by atoms with van der Waals surface area (Å²) in [6.45, 7) is 12.6. The van der Waals surface area contributed by atoms with Crippen molar-refractivity contribution in [3.63, 3.8) is 0 Å². The molecular formula is C18H25ClN2O2. The predicted octanol–water partition coefficient (Wildman–Crippen LogP) is 3.52. The Bertz CT molecular complexity index is 567. The quantitative estimate of drug-likeness (QED) is 0.774. The van der Waals surface area contributed by atoms with Crippen molar-refractivity contribution in [2.75, 3.05) is 13.1 Å². The van der Waals surface area contributed by atoms with E-state index in [2.05, 4.69) is 11.9 Å². The molecule has 1 aromatic rings. The van der Waals surface area contributed by atoms with Crippen molar-refractivity contribution in [2.24, 2.45) is 5.92 Å². The van der Waals surface area contributed by atoms with Crippen LogP contribution in [0.15, 0.2) is 36.4 Å². The lowest BCUT2D eigenvalue weighted by atomic mass is 10.0. The number of rotatable bonds is 7. The van der Waals surface area contributed by atoms with Gasteiger partial charge in [-0.05, 0) is 44.0 Å². The van der Waals surface area contributed by atoms with Gasteiger partial charge in [0.1, 0.15) is 6.04 Å². The SMILES string of the molecule is C=C(C)CN(CC)C(=O)C(NC(=O)c1ccc(Cl)cc1)C(C)C. The molecule has 2 amide bonds. The number of nitrogens with zero attached hydrogens (tertiary/aromatic N) is 1. The molecule has 0 heterocycles. The van der Waals surface area contributed by atoms with Crippen molar-refractivity contribution in [2.45, 2.75) is 33.7 Å². The van der Waals surface area contributed by atoms with Gasteiger partial charge < -0.3 is 10.2 Å². The van der Waals surface area contributed by atoms with Crippen molar-refractivity contribution < 1.29 is 9.59 Å². The second kappa shape index (κ2) is 8.73. The zero-order valence-corrected chi connectivity index (χ0v) is 15.0. The molecule has 1 atom stereocenters. The van der Waals surface area contributed by atoms with Crippen molar-refractivity contribution in [1.82, 2.24) is 10.2 Å². The van der Waals surface area contributed by atoms with Crippen LogP contribution in [-0.4, -0.2) is 35.8 Å². The normalized spacial score (nSPS) is 11.9. The molecule has 4 nitrogen and oxygen atoms in total. The zero-order chi connectivity index (χ0) is 17.6. The topological polar surface area (TPSA) is 49.4 Å². The summed E-state index contributed by atoms with van der Waals surface area (Å²) < 4.78 is 0. The molecule has 1 rings (SSSR count). The van der Waals surface area contributed by atoms with E-state index >= 15 is 0 Å². The molecule has 0 aliphatic carbocycles. The van der Waals surface area contributed by atoms with Gasteiger partial charge in [-0.1, -0.05) is 37.6 Å². The molecule has 0 aromatic heterocycles. The molecule has 0 radical (unpaired) electrons. The van der Waals surface area contributed by atoms with E-state index in [-0.39, 0.29) is 17.7 Å². The van der Waals surface area contributed by atoms with Crippen LogP contribution in [0.4, 0.5) is 0 Å². The van der Waals surface area contributed by atoms with E-state index in [4.69, 9.17) is 11.6 Å². The third-order valence-corrected chi connectivity index (χ3v) is 3.73. The van der Waals surface area contributed by atoms with Crippen LogP contribution in [0.1, 0.15) is 38.1 Å². The standard InChI is InChI=1S/C18H25ClN2O2/c1-6-21(11-12(2)3)18(23)16(13(4)5)20-17(22)14-7-9-15(19)10-8-14/h7-10,13,16H,2,6,11H2,1,3-5H3,(H,20,22). The molecule has 0 aliphatic heterocycles. The summed E-state index contributed by atoms with van der Waals surface area (Å²) in [7, 11) is 0. The molecule has 5 heteroatoms. The summed E-state index contributed by atoms with van der Waals surface area (Å²) in [5, 5.41) is 3.40. The number of hydrogen-bond acceptors (Lipinski definition) is 2. The largest absolute Gasteiger partial charge is 0.340 e. The zero-order valence-electron chi connectivity index (χ0n) is 14.2. The van der Waals surface area contributed by atoms with Crippen molar-refractivity contribution in [3.8, 4) is 0 Å². The second-order valence-corrected chi connectivity index (χ2v) is 6.45. The molecule has 126 valence electrons. The van der Waals surface area contributed by atoms with Crippen molar-refractivity contribution in [1.29, 1.82) is 0 Å². The van der Waals surface area contributed by atoms with Gasteiger partial charge in [-0.2, -0.15) is 0 Å². The molecule has 0 fully saturated rings. The first-order chi connectivity index (χ1) is 10.8. The fraction of sp³-hybridized carbons (Fsp3) is 0.444. The monoisotopic (exact) mass is 336 g/mol. The van der Waals surface area contributed by atoms with Gasteiger partial charge in [0.05, 0.1) is 0 Å². The van der Waals surface area contributed by atoms with Gasteiger partial charge in [0.25, 0.3) is 5.91 Å². The molecular weight excluding hydrogens is 312 g/mol. The van der Waals surface area contributed by atoms with Gasteiger partial charge in [-0.25, -0.2) is 0 Å². The van der Waals surface area contributed by atoms with Crippen LogP contribution >= 0.6 is 11.6 Å². The van der Waals surface area contributed by atoms with E-state index in [1.807, 2.05) is 27.7 Å². The van der Waals surface area contributed by atoms with Crippen LogP contribution in [-0.2, 0) is 4.79 Å². The Kier molecular flexibility index (Phi) is 7.30. The number of carbonyl (C=O) groups is 2. The van der Waals surface area contributed by atoms with E-state index < -0.39 is 6.04 Å². The summed E-state index contributed by atoms with van der Waals surface area (Å²) >= 11 is 5.83. The molecule has 0 aliphatic rings. The first-order valence-corrected chi connectivity index (χ1v) is 8.13. The Balaban J connectivity index is 2.89. The smallest absolute Gasteiger partial charge is 0.251 e. The summed E-state index contributed by atoms with van der Waals surface area (Å²) in [6.07, 6.45) is 0. The van der Waals surface area contributed by atoms with Crippen LogP contribution < -0.4 is 5.32 Å². The van der Waals surface area contributed by atoms with E-state index in [0.717, 1.165) is 5.57 Å². The van der Waals surface area contributed by atoms with Gasteiger partial charge in [0, 0.05) is 23.7 Å². The lowest BCUT2D eigenvalue weighted by molar-refractivity contribution is -0.133. The van der Waals surface area contributed by atoms with Crippen LogP contribution in [0.2, 0.25) is 5.02 Å². The highest BCUT2D eigenvalue weighted by atomic mass is 35.5. The van der Waals surface area contributed by atoms with Gasteiger partial charge in [-0.15, -0.1) is 0 Å². The first kappa shape index (κ1) is 19.2. The minimum atomic E-state index is -0.572. The van der Waals surface area contributed by atoms with E-state index in [1.54, 1.807) is 29.2 Å². The van der Waals surface area contributed by atoms with Gasteiger partial charge >= 0.3 is 0 Å². The maximum Gasteiger partial charge on any atom is 0.251 e. The van der Waals surface area contributed by atoms with Crippen molar-refractivity contribution >= 4 is 23.4 Å². The highest BCUT2D eigenvalue weighted by Crippen LogP contribution is 2.12. The molecule has 0 spiro atoms. The van der Waals surface area contributed by atoms with Crippen molar-refractivity contribution in [3.05, 3.63) is 47.0 Å². The summed E-state index contributed by atoms with van der Waals surface area (Å²) in [6, 6.07) is 6.03. The number of likely N-dealkylation sites (N-methyl/N-ethyl adjacent to an activating group) is 1. The highest BCUT2D eigenvalue weighted by molar-refractivity contribution is 6.30. The Labute approximate surface area is 143 Å². The van der Waals surface area contributed by atoms with Crippen LogP contribution in [0.3, 0.4) is 0 Å². The fourth-order valence-electron chi connectivity index (χ4n) is 2.21. The number of carbonyl (C=O) groups excluding carboxylic acids is 2. The van der Waals surface area contributed by atoms with Gasteiger partial charge in [-0.3, -0.25) is 9.59 Å². The van der Waals surface area contributed by atoms with Crippen LogP contribution in [0.5, 0.6) is 0 Å². The Morgan fingerprint density at radius 3 is 2.26 bits per heavy atom. The molecule has 23 heavy (non-hydrogen) atoms. The van der Waals surface area contributed by atoms with E-state index in [1.165, 1.54) is 0 Å². The van der Waals surface area contributed by atoms with Crippen LogP contribution in [0.25, 0.3) is 0 Å². The third-order valence-electron chi connectivity index (χ3n) is 3.48.